The van der Waals surface area contributed by atoms with E-state index in [1.54, 1.807) is 6.07 Å². The fourth-order valence-corrected chi connectivity index (χ4v) is 3.27. The Labute approximate surface area is 117 Å². The number of aliphatic hydroxyl groups excluding tert-OH is 1. The lowest BCUT2D eigenvalue weighted by molar-refractivity contribution is -0.142. The minimum atomic E-state index is -1.13. The molecule has 1 aliphatic rings. The number of carbonyl (C=O) groups excluding carboxylic acids is 1. The predicted octanol–water partition coefficient (Wildman–Crippen LogP) is 0.873. The van der Waals surface area contributed by atoms with Crippen LogP contribution in [0.2, 0.25) is 0 Å². The number of carboxylic acids is 1. The summed E-state index contributed by atoms with van der Waals surface area (Å²) in [5.41, 5.74) is 1.14. The molecule has 2 N–H and O–H groups in total. The molecule has 1 aliphatic heterocycles. The Kier molecular flexibility index (Phi) is 2.91. The molecule has 104 valence electrons. The van der Waals surface area contributed by atoms with Crippen molar-refractivity contribution < 1.29 is 24.5 Å². The summed E-state index contributed by atoms with van der Waals surface area (Å²) in [6.07, 6.45) is -1.13. The second kappa shape index (κ2) is 4.50. The normalized spacial score (nSPS) is 20.9. The van der Waals surface area contributed by atoms with Crippen molar-refractivity contribution in [2.24, 2.45) is 0 Å². The number of rotatable bonds is 2. The molecule has 0 spiro atoms. The van der Waals surface area contributed by atoms with E-state index in [0.717, 1.165) is 11.8 Å². The number of carboxylic acid groups (broad SMARTS) is 1. The van der Waals surface area contributed by atoms with Crippen LogP contribution >= 0.6 is 11.8 Å². The maximum absolute atomic E-state index is 11.6. The number of carbonyl (C=O) groups is 2. The van der Waals surface area contributed by atoms with Crippen molar-refractivity contribution in [2.75, 3.05) is 7.11 Å². The van der Waals surface area contributed by atoms with Crippen LogP contribution < -0.4 is 0 Å². The Morgan fingerprint density at radius 1 is 1.45 bits per heavy atom. The van der Waals surface area contributed by atoms with E-state index in [2.05, 4.69) is 9.72 Å². The molecule has 0 fully saturated rings. The predicted molar refractivity (Wildman–Crippen MR) is 69.6 cm³/mol. The molecule has 20 heavy (non-hydrogen) atoms. The Morgan fingerprint density at radius 2 is 2.20 bits per heavy atom. The van der Waals surface area contributed by atoms with E-state index in [0.29, 0.717) is 16.2 Å². The number of benzene rings is 1. The summed E-state index contributed by atoms with van der Waals surface area (Å²) in [5, 5.41) is 18.9. The summed E-state index contributed by atoms with van der Waals surface area (Å²) < 4.78 is 6.08. The number of methoxy groups -OCH3 is 1. The third-order valence-electron chi connectivity index (χ3n) is 3.11. The minimum Gasteiger partial charge on any atom is -0.478 e. The zero-order valence-electron chi connectivity index (χ0n) is 10.3. The number of nitrogens with zero attached hydrogens (tertiary/aromatic N) is 2. The molecule has 0 aliphatic carbocycles. The highest BCUT2D eigenvalue weighted by atomic mass is 32.2. The number of imidazole rings is 1. The number of aliphatic hydroxyl groups is 1. The Balaban J connectivity index is 2.12. The SMILES string of the molecule is COC(=O)C1Sc2nc3ccc(C(=O)O)cc3n2C1O. The molecule has 2 unspecified atom stereocenters. The van der Waals surface area contributed by atoms with E-state index in [1.165, 1.54) is 23.8 Å². The van der Waals surface area contributed by atoms with Gasteiger partial charge in [0.15, 0.2) is 16.6 Å². The molecular weight excluding hydrogens is 284 g/mol. The topological polar surface area (TPSA) is 102 Å². The lowest BCUT2D eigenvalue weighted by Crippen LogP contribution is -2.25. The summed E-state index contributed by atoms with van der Waals surface area (Å²) in [6.45, 7) is 0. The van der Waals surface area contributed by atoms with Gasteiger partial charge in [0.2, 0.25) is 0 Å². The molecule has 8 heteroatoms. The summed E-state index contributed by atoms with van der Waals surface area (Å²) >= 11 is 1.10. The number of thioether (sulfide) groups is 1. The largest absolute Gasteiger partial charge is 0.478 e. The molecule has 0 saturated carbocycles. The van der Waals surface area contributed by atoms with Gasteiger partial charge in [0.25, 0.3) is 0 Å². The molecule has 7 nitrogen and oxygen atoms in total. The smallest absolute Gasteiger partial charge is 0.335 e. The maximum Gasteiger partial charge on any atom is 0.335 e. The second-order valence-electron chi connectivity index (χ2n) is 4.25. The molecular formula is C12H10N2O5S. The highest BCUT2D eigenvalue weighted by molar-refractivity contribution is 8.00. The van der Waals surface area contributed by atoms with Crippen molar-refractivity contribution >= 4 is 34.7 Å². The fraction of sp³-hybridized carbons (Fsp3) is 0.250. The number of hydrogen-bond acceptors (Lipinski definition) is 6. The summed E-state index contributed by atoms with van der Waals surface area (Å²) in [6, 6.07) is 4.45. The van der Waals surface area contributed by atoms with Crippen LogP contribution in [0.3, 0.4) is 0 Å². The average molecular weight is 294 g/mol. The van der Waals surface area contributed by atoms with E-state index in [4.69, 9.17) is 5.11 Å². The number of ether oxygens (including phenoxy) is 1. The number of aromatic carboxylic acids is 1. The first kappa shape index (κ1) is 12.9. The third-order valence-corrected chi connectivity index (χ3v) is 4.29. The van der Waals surface area contributed by atoms with E-state index < -0.39 is 23.4 Å². The molecule has 0 saturated heterocycles. The highest BCUT2D eigenvalue weighted by Crippen LogP contribution is 2.41. The van der Waals surface area contributed by atoms with E-state index in [9.17, 15) is 14.7 Å². The van der Waals surface area contributed by atoms with Gasteiger partial charge in [-0.25, -0.2) is 9.78 Å². The lowest BCUT2D eigenvalue weighted by atomic mass is 10.2. The van der Waals surface area contributed by atoms with Gasteiger partial charge in [-0.15, -0.1) is 0 Å². The van der Waals surface area contributed by atoms with Gasteiger partial charge in [-0.3, -0.25) is 9.36 Å². The van der Waals surface area contributed by atoms with Crippen LogP contribution in [0.5, 0.6) is 0 Å². The summed E-state index contributed by atoms with van der Waals surface area (Å²) in [4.78, 5) is 26.8. The van der Waals surface area contributed by atoms with Gasteiger partial charge in [0, 0.05) is 0 Å². The molecule has 2 aromatic rings. The van der Waals surface area contributed by atoms with Crippen LogP contribution in [0.1, 0.15) is 16.6 Å². The van der Waals surface area contributed by atoms with Crippen LogP contribution in [-0.4, -0.2) is 44.1 Å². The molecule has 3 rings (SSSR count). The molecule has 0 amide bonds. The number of esters is 1. The highest BCUT2D eigenvalue weighted by Gasteiger charge is 2.40. The van der Waals surface area contributed by atoms with E-state index in [1.807, 2.05) is 0 Å². The van der Waals surface area contributed by atoms with Crippen LogP contribution in [-0.2, 0) is 9.53 Å². The third kappa shape index (κ3) is 1.76. The summed E-state index contributed by atoms with van der Waals surface area (Å²) in [7, 11) is 1.25. The monoisotopic (exact) mass is 294 g/mol. The Bertz CT molecular complexity index is 726. The first-order valence-electron chi connectivity index (χ1n) is 5.70. The van der Waals surface area contributed by atoms with Gasteiger partial charge in [-0.1, -0.05) is 11.8 Å². The van der Waals surface area contributed by atoms with Gasteiger partial charge in [0.1, 0.15) is 0 Å². The number of aromatic nitrogens is 2. The van der Waals surface area contributed by atoms with Gasteiger partial charge >= 0.3 is 11.9 Å². The number of hydrogen-bond donors (Lipinski definition) is 2. The van der Waals surface area contributed by atoms with Gasteiger partial charge in [-0.05, 0) is 18.2 Å². The average Bonchev–Trinajstić information content (AvgIpc) is 2.94. The summed E-state index contributed by atoms with van der Waals surface area (Å²) in [5.74, 6) is -1.61. The standard InChI is InChI=1S/C12H10N2O5S/c1-19-11(18)8-9(15)14-7-4-5(10(16)17)2-3-6(7)13-12(14)20-8/h2-4,8-9,15H,1H3,(H,16,17). The fourth-order valence-electron chi connectivity index (χ4n) is 2.14. The molecule has 2 heterocycles. The first-order valence-corrected chi connectivity index (χ1v) is 6.58. The molecule has 1 aromatic carbocycles. The van der Waals surface area contributed by atoms with Crippen LogP contribution in [0.4, 0.5) is 0 Å². The van der Waals surface area contributed by atoms with E-state index >= 15 is 0 Å². The zero-order valence-corrected chi connectivity index (χ0v) is 11.1. The van der Waals surface area contributed by atoms with Crippen molar-refractivity contribution in [1.29, 1.82) is 0 Å². The Hall–Kier alpha value is -2.06. The first-order chi connectivity index (χ1) is 9.52. The van der Waals surface area contributed by atoms with Crippen LogP contribution in [0.25, 0.3) is 11.0 Å². The second-order valence-corrected chi connectivity index (χ2v) is 5.36. The quantitative estimate of drug-likeness (QED) is 0.792. The van der Waals surface area contributed by atoms with Crippen LogP contribution in [0, 0.1) is 0 Å². The number of fused-ring (bicyclic) bond motifs is 3. The maximum atomic E-state index is 11.6. The van der Waals surface area contributed by atoms with Crippen molar-refractivity contribution in [1.82, 2.24) is 9.55 Å². The van der Waals surface area contributed by atoms with Crippen molar-refractivity contribution in [3.05, 3.63) is 23.8 Å². The van der Waals surface area contributed by atoms with Crippen molar-refractivity contribution in [3.63, 3.8) is 0 Å². The van der Waals surface area contributed by atoms with Crippen molar-refractivity contribution in [2.45, 2.75) is 16.6 Å². The van der Waals surface area contributed by atoms with Gasteiger partial charge < -0.3 is 14.9 Å². The zero-order chi connectivity index (χ0) is 14.4. The van der Waals surface area contributed by atoms with Gasteiger partial charge in [-0.2, -0.15) is 0 Å². The van der Waals surface area contributed by atoms with Gasteiger partial charge in [0.05, 0.1) is 23.7 Å². The molecule has 0 bridgehead atoms. The Morgan fingerprint density at radius 3 is 2.85 bits per heavy atom. The lowest BCUT2D eigenvalue weighted by Gasteiger charge is -2.13. The van der Waals surface area contributed by atoms with E-state index in [-0.39, 0.29) is 5.56 Å². The van der Waals surface area contributed by atoms with Crippen LogP contribution in [0.15, 0.2) is 23.4 Å². The molecule has 0 radical (unpaired) electrons. The minimum absolute atomic E-state index is 0.0962. The molecule has 1 aromatic heterocycles. The molecule has 2 atom stereocenters. The van der Waals surface area contributed by atoms with Crippen molar-refractivity contribution in [3.8, 4) is 0 Å².